The van der Waals surface area contributed by atoms with Crippen LogP contribution in [0.4, 0.5) is 4.39 Å². The van der Waals surface area contributed by atoms with E-state index in [4.69, 9.17) is 4.74 Å². The van der Waals surface area contributed by atoms with Crippen molar-refractivity contribution in [2.24, 2.45) is 0 Å². The Kier molecular flexibility index (Phi) is 5.54. The van der Waals surface area contributed by atoms with Crippen molar-refractivity contribution in [2.75, 3.05) is 18.1 Å². The lowest BCUT2D eigenvalue weighted by molar-refractivity contribution is 0.338. The Morgan fingerprint density at radius 3 is 2.95 bits per heavy atom. The van der Waals surface area contributed by atoms with Gasteiger partial charge >= 0.3 is 0 Å². The molecule has 0 saturated carbocycles. The molecule has 0 aliphatic carbocycles. The lowest BCUT2D eigenvalue weighted by Gasteiger charge is -2.19. The molecule has 0 aromatic heterocycles. The summed E-state index contributed by atoms with van der Waals surface area (Å²) in [7, 11) is -0.679. The summed E-state index contributed by atoms with van der Waals surface area (Å²) in [4.78, 5) is 0. The van der Waals surface area contributed by atoms with Gasteiger partial charge in [-0.1, -0.05) is 6.07 Å². The van der Waals surface area contributed by atoms with Crippen molar-refractivity contribution in [2.45, 2.75) is 38.8 Å². The molecule has 1 fully saturated rings. The maximum absolute atomic E-state index is 14.0. The third-order valence-corrected chi connectivity index (χ3v) is 4.93. The summed E-state index contributed by atoms with van der Waals surface area (Å²) in [5, 5.41) is 3.43. The van der Waals surface area contributed by atoms with E-state index in [2.05, 4.69) is 5.32 Å². The van der Waals surface area contributed by atoms with Gasteiger partial charge in [-0.05, 0) is 38.3 Å². The quantitative estimate of drug-likeness (QED) is 0.876. The van der Waals surface area contributed by atoms with Crippen molar-refractivity contribution >= 4 is 10.8 Å². The molecule has 1 aliphatic heterocycles. The Balaban J connectivity index is 1.90. The topological polar surface area (TPSA) is 38.3 Å². The van der Waals surface area contributed by atoms with Crippen LogP contribution < -0.4 is 10.1 Å². The van der Waals surface area contributed by atoms with Crippen LogP contribution in [0.3, 0.4) is 0 Å². The molecule has 3 atom stereocenters. The van der Waals surface area contributed by atoms with E-state index in [0.717, 1.165) is 17.9 Å². The van der Waals surface area contributed by atoms with Crippen molar-refractivity contribution < 1.29 is 13.3 Å². The number of hydrogen-bond acceptors (Lipinski definition) is 3. The zero-order valence-corrected chi connectivity index (χ0v) is 12.8. The van der Waals surface area contributed by atoms with E-state index in [-0.39, 0.29) is 11.9 Å². The van der Waals surface area contributed by atoms with Crippen LogP contribution in [0, 0.1) is 5.82 Å². The molecule has 1 N–H and O–H groups in total. The number of benzene rings is 1. The van der Waals surface area contributed by atoms with Gasteiger partial charge in [0, 0.05) is 40.5 Å². The van der Waals surface area contributed by atoms with Crippen molar-refractivity contribution in [3.05, 3.63) is 29.6 Å². The lowest BCUT2D eigenvalue weighted by Crippen LogP contribution is -2.38. The van der Waals surface area contributed by atoms with Gasteiger partial charge in [-0.3, -0.25) is 4.21 Å². The first kappa shape index (κ1) is 15.4. The molecule has 20 heavy (non-hydrogen) atoms. The van der Waals surface area contributed by atoms with Gasteiger partial charge in [-0.15, -0.1) is 0 Å². The van der Waals surface area contributed by atoms with Crippen molar-refractivity contribution in [3.8, 4) is 5.75 Å². The Hall–Kier alpha value is -0.940. The predicted octanol–water partition coefficient (Wildman–Crippen LogP) is 2.27. The molecule has 0 amide bonds. The first-order valence-corrected chi connectivity index (χ1v) is 8.59. The molecule has 1 aromatic carbocycles. The molecular weight excluding hydrogens is 277 g/mol. The van der Waals surface area contributed by atoms with Crippen LogP contribution in [0.15, 0.2) is 18.2 Å². The molecule has 5 heteroatoms. The fourth-order valence-corrected chi connectivity index (χ4v) is 3.96. The van der Waals surface area contributed by atoms with E-state index in [1.54, 1.807) is 12.1 Å². The zero-order valence-electron chi connectivity index (χ0n) is 12.0. The summed E-state index contributed by atoms with van der Waals surface area (Å²) >= 11 is 0. The second kappa shape index (κ2) is 7.18. The minimum atomic E-state index is -0.679. The minimum absolute atomic E-state index is 0.169. The zero-order chi connectivity index (χ0) is 14.5. The van der Waals surface area contributed by atoms with Crippen LogP contribution in [0.5, 0.6) is 5.75 Å². The van der Waals surface area contributed by atoms with E-state index < -0.39 is 10.8 Å². The molecule has 112 valence electrons. The normalized spacial score (nSPS) is 23.8. The van der Waals surface area contributed by atoms with Gasteiger partial charge < -0.3 is 10.1 Å². The lowest BCUT2D eigenvalue weighted by atomic mass is 10.1. The summed E-state index contributed by atoms with van der Waals surface area (Å²) in [6.07, 6.45) is 1.57. The first-order valence-electron chi connectivity index (χ1n) is 7.10. The molecule has 2 rings (SSSR count). The summed E-state index contributed by atoms with van der Waals surface area (Å²) in [6, 6.07) is 5.50. The van der Waals surface area contributed by atoms with Crippen LogP contribution in [0.2, 0.25) is 0 Å². The molecule has 0 radical (unpaired) electrons. The van der Waals surface area contributed by atoms with Gasteiger partial charge in [0.05, 0.1) is 6.61 Å². The monoisotopic (exact) mass is 299 g/mol. The molecule has 1 aliphatic rings. The van der Waals surface area contributed by atoms with Gasteiger partial charge in [-0.25, -0.2) is 4.39 Å². The smallest absolute Gasteiger partial charge is 0.130 e. The summed E-state index contributed by atoms with van der Waals surface area (Å²) < 4.78 is 30.6. The van der Waals surface area contributed by atoms with E-state index in [9.17, 15) is 8.60 Å². The number of rotatable bonds is 6. The van der Waals surface area contributed by atoms with Crippen LogP contribution in [0.1, 0.15) is 25.8 Å². The van der Waals surface area contributed by atoms with Gasteiger partial charge in [0.15, 0.2) is 0 Å². The molecule has 1 heterocycles. The summed E-state index contributed by atoms with van der Waals surface area (Å²) in [5.41, 5.74) is 0.688. The maximum atomic E-state index is 14.0. The molecular formula is C15H22FNO2S. The van der Waals surface area contributed by atoms with E-state index in [1.807, 2.05) is 13.8 Å². The van der Waals surface area contributed by atoms with Crippen LogP contribution in [0.25, 0.3) is 0 Å². The molecule has 3 nitrogen and oxygen atoms in total. The molecule has 1 aromatic rings. The highest BCUT2D eigenvalue weighted by Gasteiger charge is 2.22. The van der Waals surface area contributed by atoms with Crippen molar-refractivity contribution in [1.29, 1.82) is 0 Å². The van der Waals surface area contributed by atoms with Crippen LogP contribution in [-0.4, -0.2) is 34.4 Å². The fraction of sp³-hybridized carbons (Fsp3) is 0.600. The number of ether oxygens (including phenoxy) is 1. The Bertz CT molecular complexity index is 481. The highest BCUT2D eigenvalue weighted by Crippen LogP contribution is 2.18. The van der Waals surface area contributed by atoms with E-state index in [0.29, 0.717) is 30.4 Å². The molecule has 0 bridgehead atoms. The standard InChI is InChI=1S/C15H22FNO2S/c1-3-19-14-5-4-12(15(16)9-14)8-11(2)17-13-6-7-20(18)10-13/h4-5,9,11,13,17H,3,6-8,10H2,1-2H3. The van der Waals surface area contributed by atoms with Gasteiger partial charge in [0.1, 0.15) is 11.6 Å². The average molecular weight is 299 g/mol. The second-order valence-electron chi connectivity index (χ2n) is 5.25. The maximum Gasteiger partial charge on any atom is 0.130 e. The van der Waals surface area contributed by atoms with Gasteiger partial charge in [0.2, 0.25) is 0 Å². The number of nitrogens with one attached hydrogen (secondary N) is 1. The van der Waals surface area contributed by atoms with Crippen LogP contribution in [-0.2, 0) is 17.2 Å². The minimum Gasteiger partial charge on any atom is -0.494 e. The third kappa shape index (κ3) is 4.28. The summed E-state index contributed by atoms with van der Waals surface area (Å²) in [6.45, 7) is 4.45. The Morgan fingerprint density at radius 1 is 1.55 bits per heavy atom. The first-order chi connectivity index (χ1) is 9.58. The van der Waals surface area contributed by atoms with Gasteiger partial charge in [-0.2, -0.15) is 0 Å². The van der Waals surface area contributed by atoms with E-state index >= 15 is 0 Å². The highest BCUT2D eigenvalue weighted by molar-refractivity contribution is 7.85. The van der Waals surface area contributed by atoms with Crippen molar-refractivity contribution in [1.82, 2.24) is 5.32 Å². The molecule has 1 saturated heterocycles. The van der Waals surface area contributed by atoms with Gasteiger partial charge in [0.25, 0.3) is 0 Å². The van der Waals surface area contributed by atoms with E-state index in [1.165, 1.54) is 6.07 Å². The second-order valence-corrected chi connectivity index (χ2v) is 6.88. The largest absolute Gasteiger partial charge is 0.494 e. The molecule has 0 spiro atoms. The number of hydrogen-bond donors (Lipinski definition) is 1. The third-order valence-electron chi connectivity index (χ3n) is 3.46. The molecule has 3 unspecified atom stereocenters. The van der Waals surface area contributed by atoms with Crippen molar-refractivity contribution in [3.63, 3.8) is 0 Å². The predicted molar refractivity (Wildman–Crippen MR) is 80.2 cm³/mol. The fourth-order valence-electron chi connectivity index (χ4n) is 2.54. The Morgan fingerprint density at radius 2 is 2.35 bits per heavy atom. The summed E-state index contributed by atoms with van der Waals surface area (Å²) in [5.74, 6) is 1.85. The Labute approximate surface area is 122 Å². The average Bonchev–Trinajstić information content (AvgIpc) is 2.78. The SMILES string of the molecule is CCOc1ccc(CC(C)NC2CCS(=O)C2)c(F)c1. The highest BCUT2D eigenvalue weighted by atomic mass is 32.2. The number of halogens is 1. The van der Waals surface area contributed by atoms with Crippen LogP contribution >= 0.6 is 0 Å².